The highest BCUT2D eigenvalue weighted by Gasteiger charge is 2.26. The fourth-order valence-corrected chi connectivity index (χ4v) is 2.33. The molecule has 2 amide bonds. The molecule has 1 fully saturated rings. The molecular formula is C13H18N6O. The van der Waals surface area contributed by atoms with Crippen molar-refractivity contribution in [3.8, 4) is 0 Å². The summed E-state index contributed by atoms with van der Waals surface area (Å²) in [5, 5.41) is 16.7. The zero-order valence-corrected chi connectivity index (χ0v) is 11.6. The molecular weight excluding hydrogens is 256 g/mol. The van der Waals surface area contributed by atoms with Gasteiger partial charge in [0.2, 0.25) is 0 Å². The minimum Gasteiger partial charge on any atom is -0.305 e. The maximum Gasteiger partial charge on any atom is 0.324 e. The van der Waals surface area contributed by atoms with Crippen molar-refractivity contribution in [1.82, 2.24) is 20.0 Å². The largest absolute Gasteiger partial charge is 0.324 e. The number of carbonyl (C=O) groups excluding carboxylic acids is 1. The molecule has 1 saturated carbocycles. The first-order valence-corrected chi connectivity index (χ1v) is 6.75. The topological polar surface area (TPSA) is 87.6 Å². The van der Waals surface area contributed by atoms with Gasteiger partial charge < -0.3 is 5.32 Å². The molecule has 0 aliphatic heterocycles. The van der Waals surface area contributed by atoms with E-state index >= 15 is 0 Å². The van der Waals surface area contributed by atoms with Crippen LogP contribution in [0.5, 0.6) is 0 Å². The van der Waals surface area contributed by atoms with Crippen molar-refractivity contribution in [1.29, 1.82) is 0 Å². The molecule has 106 valence electrons. The van der Waals surface area contributed by atoms with Crippen LogP contribution in [0.25, 0.3) is 0 Å². The number of rotatable bonds is 3. The molecule has 2 aromatic rings. The molecule has 20 heavy (non-hydrogen) atoms. The first kappa shape index (κ1) is 12.7. The van der Waals surface area contributed by atoms with E-state index in [1.54, 1.807) is 10.9 Å². The van der Waals surface area contributed by atoms with E-state index in [4.69, 9.17) is 0 Å². The second kappa shape index (κ2) is 4.99. The summed E-state index contributed by atoms with van der Waals surface area (Å²) in [7, 11) is 1.87. The molecule has 3 N–H and O–H groups in total. The van der Waals surface area contributed by atoms with E-state index in [2.05, 4.69) is 25.9 Å². The summed E-state index contributed by atoms with van der Waals surface area (Å²) in [6.07, 6.45) is 7.03. The van der Waals surface area contributed by atoms with Crippen molar-refractivity contribution in [2.75, 3.05) is 10.6 Å². The maximum absolute atomic E-state index is 12.0. The monoisotopic (exact) mass is 274 g/mol. The van der Waals surface area contributed by atoms with Gasteiger partial charge in [-0.05, 0) is 19.8 Å². The molecule has 0 radical (unpaired) electrons. The van der Waals surface area contributed by atoms with Crippen LogP contribution in [0.15, 0.2) is 12.4 Å². The Labute approximate surface area is 116 Å². The highest BCUT2D eigenvalue weighted by Crippen LogP contribution is 2.38. The first-order chi connectivity index (χ1) is 9.63. The average molecular weight is 274 g/mol. The predicted octanol–water partition coefficient (Wildman–Crippen LogP) is 2.36. The van der Waals surface area contributed by atoms with Crippen LogP contribution >= 0.6 is 0 Å². The molecule has 0 bridgehead atoms. The lowest BCUT2D eigenvalue weighted by Crippen LogP contribution is -2.21. The van der Waals surface area contributed by atoms with E-state index in [1.807, 2.05) is 20.2 Å². The van der Waals surface area contributed by atoms with Crippen LogP contribution in [-0.4, -0.2) is 26.0 Å². The number of aryl methyl sites for hydroxylation is 2. The lowest BCUT2D eigenvalue weighted by atomic mass is 9.82. The van der Waals surface area contributed by atoms with E-state index in [1.165, 1.54) is 6.42 Å². The van der Waals surface area contributed by atoms with Crippen LogP contribution in [0.4, 0.5) is 16.3 Å². The van der Waals surface area contributed by atoms with Crippen LogP contribution < -0.4 is 10.6 Å². The quantitative estimate of drug-likeness (QED) is 0.802. The molecule has 2 heterocycles. The Morgan fingerprint density at radius 3 is 2.85 bits per heavy atom. The van der Waals surface area contributed by atoms with Crippen LogP contribution in [0.1, 0.15) is 36.4 Å². The molecule has 0 spiro atoms. The second-order valence-corrected chi connectivity index (χ2v) is 5.24. The molecule has 0 unspecified atom stereocenters. The van der Waals surface area contributed by atoms with Gasteiger partial charge in [0.1, 0.15) is 5.82 Å². The Balaban J connectivity index is 1.71. The summed E-state index contributed by atoms with van der Waals surface area (Å²) >= 11 is 0. The molecule has 1 aliphatic carbocycles. The van der Waals surface area contributed by atoms with Crippen molar-refractivity contribution >= 4 is 17.5 Å². The van der Waals surface area contributed by atoms with Crippen molar-refractivity contribution in [2.45, 2.75) is 32.1 Å². The lowest BCUT2D eigenvalue weighted by Gasteiger charge is -2.24. The number of amides is 2. The molecule has 0 aromatic carbocycles. The highest BCUT2D eigenvalue weighted by atomic mass is 16.2. The summed E-state index contributed by atoms with van der Waals surface area (Å²) in [6, 6.07) is -0.286. The molecule has 7 nitrogen and oxygen atoms in total. The predicted molar refractivity (Wildman–Crippen MR) is 75.8 cm³/mol. The van der Waals surface area contributed by atoms with Gasteiger partial charge in [0.25, 0.3) is 0 Å². The van der Waals surface area contributed by atoms with Gasteiger partial charge in [0.05, 0.1) is 17.6 Å². The minimum atomic E-state index is -0.286. The lowest BCUT2D eigenvalue weighted by molar-refractivity contribution is 0.262. The SMILES string of the molecule is Cc1cn[nH]c1NC(=O)Nc1cn(C)nc1C1CCC1. The van der Waals surface area contributed by atoms with Gasteiger partial charge in [0, 0.05) is 24.7 Å². The standard InChI is InChI=1S/C13H18N6O/c1-8-6-14-17-12(8)16-13(20)15-10-7-19(2)18-11(10)9-4-3-5-9/h6-7,9H,3-5H2,1-2H3,(H3,14,15,16,17,20). The molecule has 2 aromatic heterocycles. The van der Waals surface area contributed by atoms with E-state index in [-0.39, 0.29) is 6.03 Å². The van der Waals surface area contributed by atoms with Crippen molar-refractivity contribution in [3.05, 3.63) is 23.7 Å². The zero-order valence-electron chi connectivity index (χ0n) is 11.6. The number of aromatic amines is 1. The van der Waals surface area contributed by atoms with E-state index in [9.17, 15) is 4.79 Å². The number of urea groups is 1. The maximum atomic E-state index is 12.0. The summed E-state index contributed by atoms with van der Waals surface area (Å²) < 4.78 is 1.74. The summed E-state index contributed by atoms with van der Waals surface area (Å²) in [5.74, 6) is 1.08. The molecule has 1 aliphatic rings. The fraction of sp³-hybridized carbons (Fsp3) is 0.462. The number of hydrogen-bond acceptors (Lipinski definition) is 3. The number of nitrogens with one attached hydrogen (secondary N) is 3. The van der Waals surface area contributed by atoms with Gasteiger partial charge in [-0.25, -0.2) is 4.79 Å². The van der Waals surface area contributed by atoms with Crippen LogP contribution in [0.3, 0.4) is 0 Å². The van der Waals surface area contributed by atoms with E-state index in [0.717, 1.165) is 29.8 Å². The normalized spacial score (nSPS) is 14.9. The van der Waals surface area contributed by atoms with Crippen molar-refractivity contribution < 1.29 is 4.79 Å². The number of anilines is 2. The number of hydrogen-bond donors (Lipinski definition) is 3. The number of H-pyrrole nitrogens is 1. The Bertz CT molecular complexity index is 625. The summed E-state index contributed by atoms with van der Waals surface area (Å²) in [5.41, 5.74) is 2.66. The summed E-state index contributed by atoms with van der Waals surface area (Å²) in [4.78, 5) is 12.0. The highest BCUT2D eigenvalue weighted by molar-refractivity contribution is 5.99. The summed E-state index contributed by atoms with van der Waals surface area (Å²) in [6.45, 7) is 1.88. The van der Waals surface area contributed by atoms with E-state index in [0.29, 0.717) is 11.7 Å². The van der Waals surface area contributed by atoms with Crippen LogP contribution in [0.2, 0.25) is 0 Å². The van der Waals surface area contributed by atoms with Gasteiger partial charge >= 0.3 is 6.03 Å². The third-order valence-electron chi connectivity index (χ3n) is 3.66. The zero-order chi connectivity index (χ0) is 14.1. The second-order valence-electron chi connectivity index (χ2n) is 5.24. The van der Waals surface area contributed by atoms with E-state index < -0.39 is 0 Å². The van der Waals surface area contributed by atoms with Gasteiger partial charge in [-0.15, -0.1) is 0 Å². The fourth-order valence-electron chi connectivity index (χ4n) is 2.33. The van der Waals surface area contributed by atoms with Crippen LogP contribution in [0, 0.1) is 6.92 Å². The van der Waals surface area contributed by atoms with Gasteiger partial charge in [-0.2, -0.15) is 10.2 Å². The Kier molecular flexibility index (Phi) is 3.17. The third kappa shape index (κ3) is 2.38. The first-order valence-electron chi connectivity index (χ1n) is 6.75. The average Bonchev–Trinajstić information content (AvgIpc) is 2.85. The Hall–Kier alpha value is -2.31. The number of nitrogens with zero attached hydrogens (tertiary/aromatic N) is 3. The van der Waals surface area contributed by atoms with Crippen LogP contribution in [-0.2, 0) is 7.05 Å². The Morgan fingerprint density at radius 1 is 1.45 bits per heavy atom. The molecule has 0 saturated heterocycles. The molecule has 7 heteroatoms. The van der Waals surface area contributed by atoms with Gasteiger partial charge in [-0.1, -0.05) is 6.42 Å². The van der Waals surface area contributed by atoms with Gasteiger partial charge in [0.15, 0.2) is 0 Å². The molecule has 0 atom stereocenters. The van der Waals surface area contributed by atoms with Crippen molar-refractivity contribution in [2.24, 2.45) is 7.05 Å². The third-order valence-corrected chi connectivity index (χ3v) is 3.66. The smallest absolute Gasteiger partial charge is 0.305 e. The minimum absolute atomic E-state index is 0.286. The number of carbonyl (C=O) groups is 1. The van der Waals surface area contributed by atoms with Crippen molar-refractivity contribution in [3.63, 3.8) is 0 Å². The number of aromatic nitrogens is 4. The molecule has 3 rings (SSSR count). The Morgan fingerprint density at radius 2 is 2.25 bits per heavy atom. The van der Waals surface area contributed by atoms with Gasteiger partial charge in [-0.3, -0.25) is 15.1 Å².